The summed E-state index contributed by atoms with van der Waals surface area (Å²) in [4.78, 5) is 24.9. The molecule has 1 saturated carbocycles. The lowest BCUT2D eigenvalue weighted by Gasteiger charge is -2.30. The summed E-state index contributed by atoms with van der Waals surface area (Å²) in [6, 6.07) is 7.19. The summed E-state index contributed by atoms with van der Waals surface area (Å²) in [5.74, 6) is 0.181. The van der Waals surface area contributed by atoms with E-state index in [2.05, 4.69) is 10.4 Å². The zero-order chi connectivity index (χ0) is 17.6. The molecule has 1 aromatic carbocycles. The maximum atomic E-state index is 12.5. The number of rotatable bonds is 6. The van der Waals surface area contributed by atoms with Crippen LogP contribution in [0.5, 0.6) is 0 Å². The van der Waals surface area contributed by atoms with Gasteiger partial charge in [0.05, 0.1) is 11.6 Å². The van der Waals surface area contributed by atoms with Crippen LogP contribution in [-0.4, -0.2) is 33.4 Å². The highest BCUT2D eigenvalue weighted by Gasteiger charge is 2.25. The summed E-state index contributed by atoms with van der Waals surface area (Å²) in [5, 5.41) is 17.8. The van der Waals surface area contributed by atoms with Crippen LogP contribution >= 0.6 is 0 Å². The molecule has 1 aromatic heterocycles. The topological polar surface area (TPSA) is 84.2 Å². The second kappa shape index (κ2) is 8.25. The minimum atomic E-state index is -0.260. The average Bonchev–Trinajstić information content (AvgIpc) is 2.65. The van der Waals surface area contributed by atoms with Crippen molar-refractivity contribution >= 4 is 16.7 Å². The zero-order valence-corrected chi connectivity index (χ0v) is 14.4. The monoisotopic (exact) mass is 343 g/mol. The molecule has 0 bridgehead atoms. The van der Waals surface area contributed by atoms with Crippen LogP contribution in [0.4, 0.5) is 0 Å². The molecular formula is C19H25N3O3. The number of carbonyl (C=O) groups excluding carboxylic acids is 1. The van der Waals surface area contributed by atoms with Gasteiger partial charge in [-0.05, 0) is 31.2 Å². The molecule has 0 aliphatic heterocycles. The number of benzene rings is 1. The van der Waals surface area contributed by atoms with Gasteiger partial charge in [0.15, 0.2) is 0 Å². The molecule has 2 N–H and O–H groups in total. The van der Waals surface area contributed by atoms with E-state index in [0.29, 0.717) is 17.7 Å². The van der Waals surface area contributed by atoms with Gasteiger partial charge in [-0.2, -0.15) is 5.10 Å². The quantitative estimate of drug-likeness (QED) is 0.838. The van der Waals surface area contributed by atoms with E-state index in [1.165, 1.54) is 23.9 Å². The number of aromatic nitrogens is 2. The van der Waals surface area contributed by atoms with Crippen molar-refractivity contribution in [1.29, 1.82) is 0 Å². The number of nitrogens with one attached hydrogen (secondary N) is 1. The molecule has 0 saturated heterocycles. The maximum Gasteiger partial charge on any atom is 0.275 e. The van der Waals surface area contributed by atoms with Crippen molar-refractivity contribution in [3.63, 3.8) is 0 Å². The van der Waals surface area contributed by atoms with E-state index in [4.69, 9.17) is 0 Å². The Morgan fingerprint density at radius 1 is 1.28 bits per heavy atom. The molecule has 1 amide bonds. The Hall–Kier alpha value is -2.21. The van der Waals surface area contributed by atoms with E-state index >= 15 is 0 Å². The fourth-order valence-electron chi connectivity index (χ4n) is 3.73. The third-order valence-electron chi connectivity index (χ3n) is 5.06. The Morgan fingerprint density at radius 3 is 2.80 bits per heavy atom. The van der Waals surface area contributed by atoms with Gasteiger partial charge in [-0.25, -0.2) is 4.68 Å². The number of aliphatic hydroxyl groups is 1. The zero-order valence-electron chi connectivity index (χ0n) is 14.4. The Kier molecular flexibility index (Phi) is 5.81. The first-order valence-electron chi connectivity index (χ1n) is 9.04. The van der Waals surface area contributed by atoms with Gasteiger partial charge in [-0.15, -0.1) is 0 Å². The SMILES string of the molecule is O=C(Cn1ncc2ccccc2c1=O)NC(CCO)C1CCCCC1. The smallest absolute Gasteiger partial charge is 0.275 e. The summed E-state index contributed by atoms with van der Waals surface area (Å²) in [5.41, 5.74) is -0.260. The predicted octanol–water partition coefficient (Wildman–Crippen LogP) is 1.84. The minimum Gasteiger partial charge on any atom is -0.396 e. The van der Waals surface area contributed by atoms with Crippen LogP contribution in [0, 0.1) is 5.92 Å². The van der Waals surface area contributed by atoms with Gasteiger partial charge in [-0.3, -0.25) is 9.59 Å². The molecule has 1 fully saturated rings. The summed E-state index contributed by atoms with van der Waals surface area (Å²) in [7, 11) is 0. The second-order valence-corrected chi connectivity index (χ2v) is 6.78. The molecule has 1 aliphatic rings. The third kappa shape index (κ3) is 4.25. The number of hydrogen-bond acceptors (Lipinski definition) is 4. The summed E-state index contributed by atoms with van der Waals surface area (Å²) in [6.07, 6.45) is 7.92. The van der Waals surface area contributed by atoms with Gasteiger partial charge in [-0.1, -0.05) is 37.5 Å². The summed E-state index contributed by atoms with van der Waals surface area (Å²) in [6.45, 7) is -0.0477. The third-order valence-corrected chi connectivity index (χ3v) is 5.06. The van der Waals surface area contributed by atoms with Crippen molar-refractivity contribution in [2.24, 2.45) is 5.92 Å². The Labute approximate surface area is 146 Å². The van der Waals surface area contributed by atoms with E-state index < -0.39 is 0 Å². The molecule has 25 heavy (non-hydrogen) atoms. The van der Waals surface area contributed by atoms with Crippen LogP contribution in [0.3, 0.4) is 0 Å². The largest absolute Gasteiger partial charge is 0.396 e. The van der Waals surface area contributed by atoms with Gasteiger partial charge in [0.25, 0.3) is 5.56 Å². The molecule has 1 unspecified atom stereocenters. The Bertz CT molecular complexity index is 781. The van der Waals surface area contributed by atoms with E-state index in [9.17, 15) is 14.7 Å². The standard InChI is InChI=1S/C19H25N3O3/c23-11-10-17(14-6-2-1-3-7-14)21-18(24)13-22-19(25)16-9-5-4-8-15(16)12-20-22/h4-5,8-9,12,14,17,23H,1-3,6-7,10-11,13H2,(H,21,24). The van der Waals surface area contributed by atoms with Crippen molar-refractivity contribution in [3.05, 3.63) is 40.8 Å². The lowest BCUT2D eigenvalue weighted by molar-refractivity contribution is -0.123. The maximum absolute atomic E-state index is 12.5. The van der Waals surface area contributed by atoms with E-state index in [1.807, 2.05) is 12.1 Å². The fraction of sp³-hybridized carbons (Fsp3) is 0.526. The van der Waals surface area contributed by atoms with Crippen molar-refractivity contribution in [1.82, 2.24) is 15.1 Å². The highest BCUT2D eigenvalue weighted by Crippen LogP contribution is 2.27. The molecule has 0 spiro atoms. The van der Waals surface area contributed by atoms with Gasteiger partial charge < -0.3 is 10.4 Å². The normalized spacial score (nSPS) is 16.7. The number of aliphatic hydroxyl groups excluding tert-OH is 1. The van der Waals surface area contributed by atoms with Gasteiger partial charge in [0, 0.05) is 18.0 Å². The molecule has 2 aromatic rings. The van der Waals surface area contributed by atoms with Crippen LogP contribution in [0.1, 0.15) is 38.5 Å². The Morgan fingerprint density at radius 2 is 2.04 bits per heavy atom. The highest BCUT2D eigenvalue weighted by molar-refractivity contribution is 5.81. The molecule has 1 heterocycles. The van der Waals surface area contributed by atoms with Crippen LogP contribution < -0.4 is 10.9 Å². The van der Waals surface area contributed by atoms with E-state index in [1.54, 1.807) is 18.3 Å². The lowest BCUT2D eigenvalue weighted by Crippen LogP contribution is -2.44. The molecule has 6 heteroatoms. The van der Waals surface area contributed by atoms with Crippen LogP contribution in [0.2, 0.25) is 0 Å². The molecule has 1 aliphatic carbocycles. The van der Waals surface area contributed by atoms with E-state index in [-0.39, 0.29) is 30.7 Å². The first-order chi connectivity index (χ1) is 12.2. The minimum absolute atomic E-state index is 0.0334. The molecule has 3 rings (SSSR count). The first-order valence-corrected chi connectivity index (χ1v) is 9.04. The van der Waals surface area contributed by atoms with Crippen molar-refractivity contribution in [2.45, 2.75) is 51.1 Å². The first kappa shape index (κ1) is 17.6. The fourth-order valence-corrected chi connectivity index (χ4v) is 3.73. The van der Waals surface area contributed by atoms with Gasteiger partial charge in [0.1, 0.15) is 6.54 Å². The average molecular weight is 343 g/mol. The summed E-state index contributed by atoms with van der Waals surface area (Å²) >= 11 is 0. The van der Waals surface area contributed by atoms with E-state index in [0.717, 1.165) is 18.2 Å². The molecule has 6 nitrogen and oxygen atoms in total. The van der Waals surface area contributed by atoms with Crippen LogP contribution in [0.15, 0.2) is 35.3 Å². The number of carbonyl (C=O) groups is 1. The van der Waals surface area contributed by atoms with Gasteiger partial charge in [0.2, 0.25) is 5.91 Å². The number of nitrogens with zero attached hydrogens (tertiary/aromatic N) is 2. The van der Waals surface area contributed by atoms with Crippen molar-refractivity contribution in [2.75, 3.05) is 6.61 Å². The number of amides is 1. The van der Waals surface area contributed by atoms with Gasteiger partial charge >= 0.3 is 0 Å². The lowest BCUT2D eigenvalue weighted by atomic mass is 9.82. The molecule has 134 valence electrons. The number of fused-ring (bicyclic) bond motifs is 1. The molecule has 0 radical (unpaired) electrons. The van der Waals surface area contributed by atoms with Crippen molar-refractivity contribution < 1.29 is 9.90 Å². The molecular weight excluding hydrogens is 318 g/mol. The van der Waals surface area contributed by atoms with Crippen molar-refractivity contribution in [3.8, 4) is 0 Å². The van der Waals surface area contributed by atoms with Crippen LogP contribution in [0.25, 0.3) is 10.8 Å². The highest BCUT2D eigenvalue weighted by atomic mass is 16.3. The Balaban J connectivity index is 1.70. The van der Waals surface area contributed by atoms with Crippen LogP contribution in [-0.2, 0) is 11.3 Å². The predicted molar refractivity (Wildman–Crippen MR) is 96.2 cm³/mol. The molecule has 1 atom stereocenters. The summed E-state index contributed by atoms with van der Waals surface area (Å²) < 4.78 is 1.20. The number of hydrogen-bond donors (Lipinski definition) is 2. The second-order valence-electron chi connectivity index (χ2n) is 6.78.